The SMILES string of the molecule is COC(=O)C(N)COC(=O)c1cc(Oc2ccc(C(F)(F)F)cc2Cl)ccc1[N+](=O)[O-]. The molecule has 2 aromatic rings. The highest BCUT2D eigenvalue weighted by atomic mass is 35.5. The maximum absolute atomic E-state index is 12.7. The van der Waals surface area contributed by atoms with Gasteiger partial charge in [0, 0.05) is 12.1 Å². The van der Waals surface area contributed by atoms with Crippen molar-refractivity contribution in [1.29, 1.82) is 0 Å². The molecule has 0 spiro atoms. The highest BCUT2D eigenvalue weighted by molar-refractivity contribution is 6.32. The maximum Gasteiger partial charge on any atom is 0.416 e. The van der Waals surface area contributed by atoms with Crippen molar-refractivity contribution in [3.8, 4) is 11.5 Å². The van der Waals surface area contributed by atoms with Crippen LogP contribution >= 0.6 is 11.6 Å². The van der Waals surface area contributed by atoms with Crippen LogP contribution < -0.4 is 10.5 Å². The first-order valence-corrected chi connectivity index (χ1v) is 8.65. The van der Waals surface area contributed by atoms with Crippen molar-refractivity contribution in [2.75, 3.05) is 13.7 Å². The first-order chi connectivity index (χ1) is 14.4. The molecule has 1 atom stereocenters. The van der Waals surface area contributed by atoms with E-state index < -0.39 is 52.5 Å². The topological polar surface area (TPSA) is 131 Å². The summed E-state index contributed by atoms with van der Waals surface area (Å²) in [6, 6.07) is 4.02. The van der Waals surface area contributed by atoms with Crippen molar-refractivity contribution in [3.63, 3.8) is 0 Å². The lowest BCUT2D eigenvalue weighted by molar-refractivity contribution is -0.385. The molecule has 0 saturated carbocycles. The van der Waals surface area contributed by atoms with Gasteiger partial charge in [-0.1, -0.05) is 11.6 Å². The quantitative estimate of drug-likeness (QED) is 0.374. The van der Waals surface area contributed by atoms with Crippen LogP contribution in [0.1, 0.15) is 15.9 Å². The zero-order valence-electron chi connectivity index (χ0n) is 15.6. The van der Waals surface area contributed by atoms with E-state index in [2.05, 4.69) is 4.74 Å². The molecule has 0 fully saturated rings. The van der Waals surface area contributed by atoms with Crippen LogP contribution in [0, 0.1) is 10.1 Å². The van der Waals surface area contributed by atoms with Gasteiger partial charge in [-0.15, -0.1) is 0 Å². The molecular formula is C18H14ClF3N2O7. The number of rotatable bonds is 7. The number of carbonyl (C=O) groups is 2. The van der Waals surface area contributed by atoms with Crippen LogP contribution in [-0.2, 0) is 20.4 Å². The van der Waals surface area contributed by atoms with Crippen LogP contribution in [0.25, 0.3) is 0 Å². The predicted octanol–water partition coefficient (Wildman–Crippen LogP) is 3.72. The smallest absolute Gasteiger partial charge is 0.416 e. The zero-order chi connectivity index (χ0) is 23.3. The van der Waals surface area contributed by atoms with Gasteiger partial charge in [0.2, 0.25) is 0 Å². The summed E-state index contributed by atoms with van der Waals surface area (Å²) < 4.78 is 52.8. The van der Waals surface area contributed by atoms with Gasteiger partial charge in [0.25, 0.3) is 5.69 Å². The third-order valence-corrected chi connectivity index (χ3v) is 4.06. The zero-order valence-corrected chi connectivity index (χ0v) is 16.4. The molecule has 0 aromatic heterocycles. The molecule has 0 aliphatic rings. The number of nitrogens with zero attached hydrogens (tertiary/aromatic N) is 1. The van der Waals surface area contributed by atoms with Gasteiger partial charge >= 0.3 is 18.1 Å². The van der Waals surface area contributed by atoms with Crippen molar-refractivity contribution in [3.05, 3.63) is 62.7 Å². The largest absolute Gasteiger partial charge is 0.468 e. The Kier molecular flexibility index (Phi) is 7.41. The molecule has 2 N–H and O–H groups in total. The fraction of sp³-hybridized carbons (Fsp3) is 0.222. The number of halogens is 4. The number of ether oxygens (including phenoxy) is 3. The highest BCUT2D eigenvalue weighted by Gasteiger charge is 2.31. The summed E-state index contributed by atoms with van der Waals surface area (Å²) in [4.78, 5) is 33.9. The summed E-state index contributed by atoms with van der Waals surface area (Å²) in [6.45, 7) is -0.613. The summed E-state index contributed by atoms with van der Waals surface area (Å²) >= 11 is 5.81. The minimum absolute atomic E-state index is 0.142. The first kappa shape index (κ1) is 23.9. The van der Waals surface area contributed by atoms with Gasteiger partial charge in [-0.25, -0.2) is 4.79 Å². The normalized spacial score (nSPS) is 12.1. The molecule has 9 nitrogen and oxygen atoms in total. The Bertz CT molecular complexity index is 1010. The van der Waals surface area contributed by atoms with E-state index in [1.54, 1.807) is 0 Å². The Morgan fingerprint density at radius 1 is 1.23 bits per heavy atom. The number of esters is 2. The average Bonchev–Trinajstić information content (AvgIpc) is 2.71. The summed E-state index contributed by atoms with van der Waals surface area (Å²) in [5.41, 5.74) is 3.26. The second-order valence-corrected chi connectivity index (χ2v) is 6.32. The first-order valence-electron chi connectivity index (χ1n) is 8.27. The molecule has 0 amide bonds. The Morgan fingerprint density at radius 3 is 2.45 bits per heavy atom. The maximum atomic E-state index is 12.7. The number of nitro benzene ring substituents is 1. The van der Waals surface area contributed by atoms with E-state index in [4.69, 9.17) is 26.8 Å². The molecule has 0 aliphatic heterocycles. The number of hydrogen-bond donors (Lipinski definition) is 1. The van der Waals surface area contributed by atoms with E-state index >= 15 is 0 Å². The molecule has 0 heterocycles. The molecule has 13 heteroatoms. The molecule has 2 rings (SSSR count). The van der Waals surface area contributed by atoms with Gasteiger partial charge in [0.1, 0.15) is 29.7 Å². The summed E-state index contributed by atoms with van der Waals surface area (Å²) in [5, 5.41) is 10.8. The van der Waals surface area contributed by atoms with Gasteiger partial charge in [-0.2, -0.15) is 13.2 Å². The van der Waals surface area contributed by atoms with Gasteiger partial charge in [0.15, 0.2) is 0 Å². The van der Waals surface area contributed by atoms with E-state index in [0.717, 1.165) is 37.4 Å². The third kappa shape index (κ3) is 6.06. The summed E-state index contributed by atoms with van der Waals surface area (Å²) in [6.07, 6.45) is -4.61. The van der Waals surface area contributed by atoms with Gasteiger partial charge in [-0.3, -0.25) is 14.9 Å². The highest BCUT2D eigenvalue weighted by Crippen LogP contribution is 2.37. The van der Waals surface area contributed by atoms with E-state index in [1.807, 2.05) is 0 Å². The predicted molar refractivity (Wildman–Crippen MR) is 99.9 cm³/mol. The molecule has 0 aliphatic carbocycles. The summed E-state index contributed by atoms with van der Waals surface area (Å²) in [5.74, 6) is -2.38. The van der Waals surface area contributed by atoms with Crippen LogP contribution in [0.15, 0.2) is 36.4 Å². The fourth-order valence-electron chi connectivity index (χ4n) is 2.25. The number of carbonyl (C=O) groups excluding carboxylic acids is 2. The van der Waals surface area contributed by atoms with Crippen molar-refractivity contribution >= 4 is 29.2 Å². The molecule has 31 heavy (non-hydrogen) atoms. The average molecular weight is 463 g/mol. The van der Waals surface area contributed by atoms with Crippen molar-refractivity contribution in [2.45, 2.75) is 12.2 Å². The number of hydrogen-bond acceptors (Lipinski definition) is 8. The Hall–Kier alpha value is -3.38. The lowest BCUT2D eigenvalue weighted by Crippen LogP contribution is -2.36. The minimum atomic E-state index is -4.61. The number of nitro groups is 1. The minimum Gasteiger partial charge on any atom is -0.468 e. The number of benzene rings is 2. The van der Waals surface area contributed by atoms with Crippen molar-refractivity contribution in [2.24, 2.45) is 5.73 Å². The number of alkyl halides is 3. The third-order valence-electron chi connectivity index (χ3n) is 3.77. The standard InChI is InChI=1S/C18H14ClF3N2O7/c1-29-17(26)13(23)8-30-16(25)11-7-10(3-4-14(11)24(27)28)31-15-5-2-9(6-12(15)19)18(20,21)22/h2-7,13H,8,23H2,1H3. The molecule has 1 unspecified atom stereocenters. The summed E-state index contributed by atoms with van der Waals surface area (Å²) in [7, 11) is 1.07. The Balaban J connectivity index is 2.28. The lowest BCUT2D eigenvalue weighted by Gasteiger charge is -2.13. The monoisotopic (exact) mass is 462 g/mol. The van der Waals surface area contributed by atoms with Gasteiger partial charge in [-0.05, 0) is 24.3 Å². The molecule has 0 bridgehead atoms. The van der Waals surface area contributed by atoms with Crippen LogP contribution in [0.3, 0.4) is 0 Å². The van der Waals surface area contributed by atoms with Crippen LogP contribution in [0.2, 0.25) is 5.02 Å². The van der Waals surface area contributed by atoms with Crippen molar-refractivity contribution in [1.82, 2.24) is 0 Å². The lowest BCUT2D eigenvalue weighted by atomic mass is 10.1. The molecule has 166 valence electrons. The Labute approximate surface area is 177 Å². The molecule has 0 saturated heterocycles. The molecular weight excluding hydrogens is 449 g/mol. The van der Waals surface area contributed by atoms with E-state index in [1.165, 1.54) is 0 Å². The molecule has 0 radical (unpaired) electrons. The van der Waals surface area contributed by atoms with Crippen molar-refractivity contribution < 1.29 is 41.9 Å². The number of methoxy groups -OCH3 is 1. The fourth-order valence-corrected chi connectivity index (χ4v) is 2.47. The van der Waals surface area contributed by atoms with E-state index in [0.29, 0.717) is 6.07 Å². The van der Waals surface area contributed by atoms with E-state index in [-0.39, 0.29) is 16.5 Å². The van der Waals surface area contributed by atoms with Gasteiger partial charge in [0.05, 0.1) is 22.6 Å². The second-order valence-electron chi connectivity index (χ2n) is 5.91. The van der Waals surface area contributed by atoms with Crippen LogP contribution in [0.5, 0.6) is 11.5 Å². The second kappa shape index (κ2) is 9.62. The Morgan fingerprint density at radius 2 is 1.90 bits per heavy atom. The number of nitrogens with two attached hydrogens (primary N) is 1. The van der Waals surface area contributed by atoms with E-state index in [9.17, 15) is 32.9 Å². The molecule has 2 aromatic carbocycles. The van der Waals surface area contributed by atoms with Crippen LogP contribution in [0.4, 0.5) is 18.9 Å². The van der Waals surface area contributed by atoms with Crippen LogP contribution in [-0.4, -0.2) is 36.6 Å². The van der Waals surface area contributed by atoms with Gasteiger partial charge < -0.3 is 19.9 Å².